The molecule has 0 aliphatic heterocycles. The van der Waals surface area contributed by atoms with Crippen LogP contribution in [0.3, 0.4) is 0 Å². The topological polar surface area (TPSA) is 78.2 Å². The van der Waals surface area contributed by atoms with Gasteiger partial charge in [-0.3, -0.25) is 5.32 Å². The van der Waals surface area contributed by atoms with E-state index < -0.39 is 12.0 Å². The number of methoxy groups -OCH3 is 1. The predicted molar refractivity (Wildman–Crippen MR) is 89.2 cm³/mol. The number of benzene rings is 1. The number of carbonyl (C=O) groups excluding carboxylic acids is 1. The molecule has 7 heteroatoms. The largest absolute Gasteiger partial charge is 0.468 e. The number of nitriles is 1. The third-order valence-electron chi connectivity index (χ3n) is 3.20. The van der Waals surface area contributed by atoms with E-state index >= 15 is 0 Å². The molecule has 1 aromatic heterocycles. The summed E-state index contributed by atoms with van der Waals surface area (Å²) in [5, 5.41) is 15.0. The average molecular weight is 330 g/mol. The zero-order chi connectivity index (χ0) is 16.8. The summed E-state index contributed by atoms with van der Waals surface area (Å²) in [6.07, 6.45) is 0. The van der Waals surface area contributed by atoms with Crippen molar-refractivity contribution < 1.29 is 9.53 Å². The van der Waals surface area contributed by atoms with Gasteiger partial charge in [0.05, 0.1) is 24.4 Å². The molecule has 1 unspecified atom stereocenters. The van der Waals surface area contributed by atoms with Gasteiger partial charge in [0, 0.05) is 26.0 Å². The normalized spacial score (nSPS) is 11.6. The third-order valence-corrected chi connectivity index (χ3v) is 4.25. The van der Waals surface area contributed by atoms with Crippen molar-refractivity contribution in [2.75, 3.05) is 26.1 Å². The number of anilines is 1. The molecule has 120 valence electrons. The molecule has 0 bridgehead atoms. The highest BCUT2D eigenvalue weighted by molar-refractivity contribution is 7.13. The monoisotopic (exact) mass is 330 g/mol. The molecular formula is C16H18N4O2S. The fourth-order valence-corrected chi connectivity index (χ4v) is 2.79. The van der Waals surface area contributed by atoms with Crippen LogP contribution in [0, 0.1) is 11.3 Å². The Morgan fingerprint density at radius 3 is 2.91 bits per heavy atom. The first-order valence-corrected chi connectivity index (χ1v) is 7.86. The molecule has 0 saturated carbocycles. The molecule has 0 amide bonds. The number of esters is 1. The van der Waals surface area contributed by atoms with Crippen LogP contribution in [0.2, 0.25) is 0 Å². The standard InChI is InChI=1S/C16H18N4O2S/c1-20(2)16-19-13(10-23-16)9-18-14(15(21)22-3)12-6-4-5-11(7-12)8-17/h4-7,10,14,18H,9H2,1-3H3. The molecule has 1 aromatic carbocycles. The zero-order valence-electron chi connectivity index (χ0n) is 13.2. The minimum Gasteiger partial charge on any atom is -0.468 e. The summed E-state index contributed by atoms with van der Waals surface area (Å²) in [4.78, 5) is 18.5. The van der Waals surface area contributed by atoms with Gasteiger partial charge in [-0.05, 0) is 17.7 Å². The van der Waals surface area contributed by atoms with E-state index in [-0.39, 0.29) is 0 Å². The average Bonchev–Trinajstić information content (AvgIpc) is 3.04. The van der Waals surface area contributed by atoms with Crippen LogP contribution in [0.5, 0.6) is 0 Å². The van der Waals surface area contributed by atoms with Gasteiger partial charge >= 0.3 is 5.97 Å². The van der Waals surface area contributed by atoms with Crippen molar-refractivity contribution in [3.05, 3.63) is 46.5 Å². The Hall–Kier alpha value is -2.43. The number of ether oxygens (including phenoxy) is 1. The number of carbonyl (C=O) groups is 1. The van der Waals surface area contributed by atoms with Crippen molar-refractivity contribution in [1.82, 2.24) is 10.3 Å². The van der Waals surface area contributed by atoms with Crippen LogP contribution in [-0.4, -0.2) is 32.2 Å². The summed E-state index contributed by atoms with van der Waals surface area (Å²) < 4.78 is 4.86. The van der Waals surface area contributed by atoms with Crippen LogP contribution >= 0.6 is 11.3 Å². The molecule has 0 aliphatic carbocycles. The quantitative estimate of drug-likeness (QED) is 0.817. The van der Waals surface area contributed by atoms with Crippen molar-refractivity contribution in [3.8, 4) is 6.07 Å². The molecule has 0 aliphatic rings. The lowest BCUT2D eigenvalue weighted by molar-refractivity contribution is -0.143. The molecule has 2 rings (SSSR count). The van der Waals surface area contributed by atoms with Crippen LogP contribution in [0.4, 0.5) is 5.13 Å². The Balaban J connectivity index is 2.15. The smallest absolute Gasteiger partial charge is 0.327 e. The Morgan fingerprint density at radius 2 is 2.30 bits per heavy atom. The van der Waals surface area contributed by atoms with Crippen molar-refractivity contribution in [2.45, 2.75) is 12.6 Å². The second-order valence-corrected chi connectivity index (χ2v) is 5.93. The van der Waals surface area contributed by atoms with Crippen LogP contribution in [0.25, 0.3) is 0 Å². The van der Waals surface area contributed by atoms with E-state index in [1.165, 1.54) is 7.11 Å². The molecule has 0 radical (unpaired) electrons. The van der Waals surface area contributed by atoms with Crippen molar-refractivity contribution >= 4 is 22.4 Å². The maximum atomic E-state index is 12.1. The Labute approximate surface area is 139 Å². The second-order valence-electron chi connectivity index (χ2n) is 5.09. The molecule has 23 heavy (non-hydrogen) atoms. The second kappa shape index (κ2) is 7.72. The highest BCUT2D eigenvalue weighted by Gasteiger charge is 2.21. The van der Waals surface area contributed by atoms with E-state index in [2.05, 4.69) is 16.4 Å². The molecular weight excluding hydrogens is 312 g/mol. The first kappa shape index (κ1) is 16.9. The molecule has 2 aromatic rings. The minimum absolute atomic E-state index is 0.400. The van der Waals surface area contributed by atoms with Gasteiger partial charge in [0.2, 0.25) is 0 Å². The van der Waals surface area contributed by atoms with Crippen molar-refractivity contribution in [3.63, 3.8) is 0 Å². The number of nitrogens with zero attached hydrogens (tertiary/aromatic N) is 3. The number of thiazole rings is 1. The predicted octanol–water partition coefficient (Wildman–Crippen LogP) is 2.08. The maximum absolute atomic E-state index is 12.1. The fourth-order valence-electron chi connectivity index (χ4n) is 2.03. The Bertz CT molecular complexity index is 721. The summed E-state index contributed by atoms with van der Waals surface area (Å²) in [6.45, 7) is 0.431. The third kappa shape index (κ3) is 4.28. The van der Waals surface area contributed by atoms with Gasteiger partial charge in [-0.1, -0.05) is 12.1 Å². The summed E-state index contributed by atoms with van der Waals surface area (Å²) in [7, 11) is 5.21. The molecule has 1 N–H and O–H groups in total. The van der Waals surface area contributed by atoms with Crippen LogP contribution in [-0.2, 0) is 16.1 Å². The maximum Gasteiger partial charge on any atom is 0.327 e. The van der Waals surface area contributed by atoms with E-state index in [1.54, 1.807) is 35.6 Å². The van der Waals surface area contributed by atoms with Crippen LogP contribution in [0.15, 0.2) is 29.6 Å². The number of aromatic nitrogens is 1. The molecule has 0 saturated heterocycles. The highest BCUT2D eigenvalue weighted by atomic mass is 32.1. The number of hydrogen-bond donors (Lipinski definition) is 1. The van der Waals surface area contributed by atoms with Gasteiger partial charge in [0.25, 0.3) is 0 Å². The SMILES string of the molecule is COC(=O)C(NCc1csc(N(C)C)n1)c1cccc(C#N)c1. The number of rotatable bonds is 6. The minimum atomic E-state index is -0.641. The van der Waals surface area contributed by atoms with Crippen molar-refractivity contribution in [1.29, 1.82) is 5.26 Å². The van der Waals surface area contributed by atoms with E-state index in [0.29, 0.717) is 17.7 Å². The first-order chi connectivity index (χ1) is 11.0. The van der Waals surface area contributed by atoms with Gasteiger partial charge in [-0.25, -0.2) is 9.78 Å². The lowest BCUT2D eigenvalue weighted by atomic mass is 10.0. The first-order valence-electron chi connectivity index (χ1n) is 6.98. The molecule has 6 nitrogen and oxygen atoms in total. The lowest BCUT2D eigenvalue weighted by Gasteiger charge is -2.16. The van der Waals surface area contributed by atoms with Gasteiger partial charge < -0.3 is 9.64 Å². The fraction of sp³-hybridized carbons (Fsp3) is 0.312. The summed E-state index contributed by atoms with van der Waals surface area (Å²) in [5.74, 6) is -0.400. The molecule has 1 heterocycles. The summed E-state index contributed by atoms with van der Waals surface area (Å²) in [6, 6.07) is 8.35. The van der Waals surface area contributed by atoms with E-state index in [1.807, 2.05) is 24.4 Å². The van der Waals surface area contributed by atoms with Gasteiger partial charge in [-0.2, -0.15) is 5.26 Å². The highest BCUT2D eigenvalue weighted by Crippen LogP contribution is 2.20. The van der Waals surface area contributed by atoms with Crippen LogP contribution in [0.1, 0.15) is 22.9 Å². The Kier molecular flexibility index (Phi) is 5.68. The van der Waals surface area contributed by atoms with Crippen LogP contribution < -0.4 is 10.2 Å². The molecule has 0 spiro atoms. The van der Waals surface area contributed by atoms with E-state index in [4.69, 9.17) is 10.00 Å². The van der Waals surface area contributed by atoms with Gasteiger partial charge in [-0.15, -0.1) is 11.3 Å². The van der Waals surface area contributed by atoms with Gasteiger partial charge in [0.1, 0.15) is 6.04 Å². The summed E-state index contributed by atoms with van der Waals surface area (Å²) in [5.41, 5.74) is 2.05. The van der Waals surface area contributed by atoms with E-state index in [0.717, 1.165) is 10.8 Å². The van der Waals surface area contributed by atoms with Crippen molar-refractivity contribution in [2.24, 2.45) is 0 Å². The zero-order valence-corrected chi connectivity index (χ0v) is 14.1. The molecule has 1 atom stereocenters. The number of nitrogens with one attached hydrogen (secondary N) is 1. The summed E-state index contributed by atoms with van der Waals surface area (Å²) >= 11 is 1.54. The van der Waals surface area contributed by atoms with E-state index in [9.17, 15) is 4.79 Å². The molecule has 0 fully saturated rings. The Morgan fingerprint density at radius 1 is 1.52 bits per heavy atom. The number of hydrogen-bond acceptors (Lipinski definition) is 7. The van der Waals surface area contributed by atoms with Gasteiger partial charge in [0.15, 0.2) is 5.13 Å². The lowest BCUT2D eigenvalue weighted by Crippen LogP contribution is -2.29.